The van der Waals surface area contributed by atoms with Crippen LogP contribution < -0.4 is 5.32 Å². The Balaban J connectivity index is 2.26. The molecule has 1 aromatic heterocycles. The monoisotopic (exact) mass is 359 g/mol. The molecule has 0 atom stereocenters. The van der Waals surface area contributed by atoms with Crippen molar-refractivity contribution in [3.63, 3.8) is 0 Å². The van der Waals surface area contributed by atoms with Crippen molar-refractivity contribution >= 4 is 23.2 Å². The van der Waals surface area contributed by atoms with Gasteiger partial charge < -0.3 is 5.32 Å². The van der Waals surface area contributed by atoms with Crippen LogP contribution in [0.25, 0.3) is 0 Å². The van der Waals surface area contributed by atoms with Crippen molar-refractivity contribution in [2.45, 2.75) is 33.5 Å². The Bertz CT molecular complexity index is 754. The number of hydrogen-bond acceptors (Lipinski definition) is 2. The van der Waals surface area contributed by atoms with Crippen LogP contribution in [0.5, 0.6) is 0 Å². The number of anilines is 1. The minimum Gasteiger partial charge on any atom is -0.322 e. The van der Waals surface area contributed by atoms with Gasteiger partial charge in [0.05, 0.1) is 16.8 Å². The van der Waals surface area contributed by atoms with Crippen LogP contribution in [0.3, 0.4) is 0 Å². The Kier molecular flexibility index (Phi) is 5.22. The molecule has 130 valence electrons. The Morgan fingerprint density at radius 1 is 1.38 bits per heavy atom. The first-order valence-electron chi connectivity index (χ1n) is 7.31. The molecule has 0 saturated carbocycles. The summed E-state index contributed by atoms with van der Waals surface area (Å²) in [6, 6.07) is 4.43. The summed E-state index contributed by atoms with van der Waals surface area (Å²) in [7, 11) is 0. The van der Waals surface area contributed by atoms with Gasteiger partial charge in [0.1, 0.15) is 5.15 Å². The molecule has 1 heterocycles. The van der Waals surface area contributed by atoms with Gasteiger partial charge in [-0.3, -0.25) is 9.48 Å². The summed E-state index contributed by atoms with van der Waals surface area (Å²) in [5, 5.41) is 6.83. The van der Waals surface area contributed by atoms with E-state index < -0.39 is 17.6 Å². The summed E-state index contributed by atoms with van der Waals surface area (Å²) in [5.74, 6) is -0.312. The molecule has 0 unspecified atom stereocenters. The number of hydrogen-bond donors (Lipinski definition) is 1. The summed E-state index contributed by atoms with van der Waals surface area (Å²) < 4.78 is 39.7. The first-order valence-corrected chi connectivity index (χ1v) is 7.69. The number of carbonyl (C=O) groups is 1. The molecule has 0 aliphatic heterocycles. The predicted molar refractivity (Wildman–Crippen MR) is 86.2 cm³/mol. The number of halogens is 4. The fourth-order valence-corrected chi connectivity index (χ4v) is 2.57. The number of benzene rings is 1. The average Bonchev–Trinajstić information content (AvgIpc) is 2.72. The van der Waals surface area contributed by atoms with Crippen LogP contribution in [0, 0.1) is 12.8 Å². The van der Waals surface area contributed by atoms with Gasteiger partial charge in [-0.25, -0.2) is 0 Å². The zero-order valence-electron chi connectivity index (χ0n) is 13.4. The van der Waals surface area contributed by atoms with E-state index in [1.807, 2.05) is 13.8 Å². The molecule has 24 heavy (non-hydrogen) atoms. The van der Waals surface area contributed by atoms with Gasteiger partial charge in [-0.2, -0.15) is 18.3 Å². The minimum absolute atomic E-state index is 0.0434. The SMILES string of the molecule is Cc1nn(CC(C)C)c(Cl)c1C(=O)Nc1cccc(C(F)(F)F)c1. The number of rotatable bonds is 4. The van der Waals surface area contributed by atoms with Crippen LogP contribution in [0.4, 0.5) is 18.9 Å². The van der Waals surface area contributed by atoms with Crippen molar-refractivity contribution < 1.29 is 18.0 Å². The molecule has 1 aromatic carbocycles. The Morgan fingerprint density at radius 3 is 2.62 bits per heavy atom. The second kappa shape index (κ2) is 6.84. The Labute approximate surface area is 142 Å². The highest BCUT2D eigenvalue weighted by atomic mass is 35.5. The number of nitrogens with zero attached hydrogens (tertiary/aromatic N) is 2. The zero-order valence-corrected chi connectivity index (χ0v) is 14.2. The summed E-state index contributed by atoms with van der Waals surface area (Å²) >= 11 is 6.20. The molecule has 0 fully saturated rings. The highest BCUT2D eigenvalue weighted by molar-refractivity contribution is 6.33. The quantitative estimate of drug-likeness (QED) is 0.854. The van der Waals surface area contributed by atoms with E-state index in [9.17, 15) is 18.0 Å². The van der Waals surface area contributed by atoms with Crippen molar-refractivity contribution in [1.82, 2.24) is 9.78 Å². The van der Waals surface area contributed by atoms with E-state index in [4.69, 9.17) is 11.6 Å². The van der Waals surface area contributed by atoms with Crippen molar-refractivity contribution in [3.05, 3.63) is 46.2 Å². The Morgan fingerprint density at radius 2 is 2.04 bits per heavy atom. The second-order valence-corrected chi connectivity index (χ2v) is 6.22. The van der Waals surface area contributed by atoms with E-state index in [0.717, 1.165) is 12.1 Å². The van der Waals surface area contributed by atoms with Crippen LogP contribution in [0.2, 0.25) is 5.15 Å². The van der Waals surface area contributed by atoms with Crippen molar-refractivity contribution in [2.24, 2.45) is 5.92 Å². The third-order valence-corrected chi connectivity index (χ3v) is 3.66. The van der Waals surface area contributed by atoms with Gasteiger partial charge in [-0.15, -0.1) is 0 Å². The van der Waals surface area contributed by atoms with Gasteiger partial charge in [0.2, 0.25) is 0 Å². The molecule has 0 spiro atoms. The van der Waals surface area contributed by atoms with E-state index in [2.05, 4.69) is 10.4 Å². The fraction of sp³-hybridized carbons (Fsp3) is 0.375. The maximum Gasteiger partial charge on any atom is 0.416 e. The van der Waals surface area contributed by atoms with Crippen LogP contribution >= 0.6 is 11.6 Å². The van der Waals surface area contributed by atoms with Crippen LogP contribution in [0.1, 0.15) is 35.5 Å². The van der Waals surface area contributed by atoms with E-state index in [0.29, 0.717) is 12.2 Å². The molecule has 0 saturated heterocycles. The van der Waals surface area contributed by atoms with Crippen LogP contribution in [0.15, 0.2) is 24.3 Å². The van der Waals surface area contributed by atoms with Gasteiger partial charge in [0, 0.05) is 12.2 Å². The van der Waals surface area contributed by atoms with Crippen LogP contribution in [-0.2, 0) is 12.7 Å². The van der Waals surface area contributed by atoms with Gasteiger partial charge in [0.25, 0.3) is 5.91 Å². The van der Waals surface area contributed by atoms with E-state index >= 15 is 0 Å². The Hall–Kier alpha value is -2.02. The standard InChI is InChI=1S/C16H17ClF3N3O/c1-9(2)8-23-14(17)13(10(3)22-23)15(24)21-12-6-4-5-11(7-12)16(18,19)20/h4-7,9H,8H2,1-3H3,(H,21,24). The molecular weight excluding hydrogens is 343 g/mol. The molecule has 0 bridgehead atoms. The maximum atomic E-state index is 12.7. The van der Waals surface area contributed by atoms with Gasteiger partial charge >= 0.3 is 6.18 Å². The second-order valence-electron chi connectivity index (χ2n) is 5.86. The molecule has 8 heteroatoms. The minimum atomic E-state index is -4.48. The topological polar surface area (TPSA) is 46.9 Å². The van der Waals surface area contributed by atoms with Crippen molar-refractivity contribution in [3.8, 4) is 0 Å². The fourth-order valence-electron chi connectivity index (χ4n) is 2.25. The number of carbonyl (C=O) groups excluding carboxylic acids is 1. The molecular formula is C16H17ClF3N3O. The number of aromatic nitrogens is 2. The van der Waals surface area contributed by atoms with Crippen molar-refractivity contribution in [1.29, 1.82) is 0 Å². The zero-order chi connectivity index (χ0) is 18.1. The van der Waals surface area contributed by atoms with Crippen molar-refractivity contribution in [2.75, 3.05) is 5.32 Å². The molecule has 0 aliphatic rings. The lowest BCUT2D eigenvalue weighted by molar-refractivity contribution is -0.137. The third-order valence-electron chi connectivity index (χ3n) is 3.28. The molecule has 2 aromatic rings. The predicted octanol–water partition coefficient (Wildman–Crippen LogP) is 4.77. The average molecular weight is 360 g/mol. The first kappa shape index (κ1) is 18.3. The molecule has 0 aliphatic carbocycles. The smallest absolute Gasteiger partial charge is 0.322 e. The lowest BCUT2D eigenvalue weighted by atomic mass is 10.2. The summed E-state index contributed by atoms with van der Waals surface area (Å²) in [6.07, 6.45) is -4.48. The first-order chi connectivity index (χ1) is 11.1. The molecule has 1 amide bonds. The lowest BCUT2D eigenvalue weighted by Crippen LogP contribution is -2.14. The molecule has 1 N–H and O–H groups in total. The number of aryl methyl sites for hydroxylation is 1. The number of amides is 1. The number of alkyl halides is 3. The molecule has 4 nitrogen and oxygen atoms in total. The summed E-state index contributed by atoms with van der Waals surface area (Å²) in [5.41, 5.74) is -0.208. The van der Waals surface area contributed by atoms with E-state index in [-0.39, 0.29) is 22.3 Å². The number of nitrogens with one attached hydrogen (secondary N) is 1. The van der Waals surface area contributed by atoms with Crippen LogP contribution in [-0.4, -0.2) is 15.7 Å². The molecule has 2 rings (SSSR count). The summed E-state index contributed by atoms with van der Waals surface area (Å²) in [6.45, 7) is 6.13. The van der Waals surface area contributed by atoms with Gasteiger partial charge in [-0.1, -0.05) is 31.5 Å². The molecule has 0 radical (unpaired) electrons. The van der Waals surface area contributed by atoms with E-state index in [1.165, 1.54) is 16.8 Å². The highest BCUT2D eigenvalue weighted by Gasteiger charge is 2.30. The third kappa shape index (κ3) is 4.08. The van der Waals surface area contributed by atoms with Gasteiger partial charge in [-0.05, 0) is 31.0 Å². The lowest BCUT2D eigenvalue weighted by Gasteiger charge is -2.10. The normalized spacial score (nSPS) is 11.8. The maximum absolute atomic E-state index is 12.7. The van der Waals surface area contributed by atoms with Gasteiger partial charge in [0.15, 0.2) is 0 Å². The van der Waals surface area contributed by atoms with E-state index in [1.54, 1.807) is 6.92 Å². The largest absolute Gasteiger partial charge is 0.416 e. The summed E-state index contributed by atoms with van der Waals surface area (Å²) in [4.78, 5) is 12.4. The highest BCUT2D eigenvalue weighted by Crippen LogP contribution is 2.31.